The third-order valence-electron chi connectivity index (χ3n) is 5.86. The summed E-state index contributed by atoms with van der Waals surface area (Å²) in [5.41, 5.74) is 4.49. The summed E-state index contributed by atoms with van der Waals surface area (Å²) in [7, 11) is 1.85. The van der Waals surface area contributed by atoms with Gasteiger partial charge in [0, 0.05) is 50.8 Å². The van der Waals surface area contributed by atoms with Gasteiger partial charge in [-0.2, -0.15) is 5.10 Å². The summed E-state index contributed by atoms with van der Waals surface area (Å²) in [4.78, 5) is 6.84. The smallest absolute Gasteiger partial charge is 0.193 e. The Kier molecular flexibility index (Phi) is 8.55. The van der Waals surface area contributed by atoms with Crippen molar-refractivity contribution >= 4 is 29.9 Å². The van der Waals surface area contributed by atoms with Crippen molar-refractivity contribution < 1.29 is 4.74 Å². The third kappa shape index (κ3) is 5.62. The summed E-state index contributed by atoms with van der Waals surface area (Å²) < 4.78 is 8.14. The van der Waals surface area contributed by atoms with Gasteiger partial charge < -0.3 is 15.0 Å². The Bertz CT molecular complexity index is 1010. The molecule has 0 aliphatic carbocycles. The van der Waals surface area contributed by atoms with Crippen LogP contribution in [0.5, 0.6) is 5.75 Å². The molecule has 2 aromatic carbocycles. The van der Waals surface area contributed by atoms with Gasteiger partial charge in [-0.15, -0.1) is 24.0 Å². The number of nitrogens with zero attached hydrogens (tertiary/aromatic N) is 4. The van der Waals surface area contributed by atoms with Crippen LogP contribution in [-0.4, -0.2) is 46.9 Å². The largest absolute Gasteiger partial charge is 0.490 e. The molecular weight excluding hydrogens is 513 g/mol. The number of benzene rings is 2. The quantitative estimate of drug-likeness (QED) is 0.286. The first-order valence-corrected chi connectivity index (χ1v) is 10.9. The fraction of sp³-hybridized carbons (Fsp3) is 0.360. The minimum Gasteiger partial charge on any atom is -0.490 e. The summed E-state index contributed by atoms with van der Waals surface area (Å²) in [6.07, 6.45) is 2.23. The standard InChI is InChI=1S/C25H31N5O.HI/c1-19-24(20(2)30(28-19)21-10-6-4-7-11-21)18-27-25(26-3)29-16-14-23(15-17-29)31-22-12-8-5-9-13-22;/h4-13,23H,14-18H2,1-3H3,(H,26,27);1H. The van der Waals surface area contributed by atoms with Crippen molar-refractivity contribution in [3.05, 3.63) is 77.6 Å². The van der Waals surface area contributed by atoms with E-state index in [1.165, 1.54) is 5.56 Å². The van der Waals surface area contributed by atoms with E-state index >= 15 is 0 Å². The van der Waals surface area contributed by atoms with Crippen LogP contribution in [0.1, 0.15) is 29.8 Å². The van der Waals surface area contributed by atoms with Crippen LogP contribution in [0, 0.1) is 13.8 Å². The van der Waals surface area contributed by atoms with Crippen molar-refractivity contribution in [2.24, 2.45) is 4.99 Å². The molecule has 6 nitrogen and oxygen atoms in total. The molecule has 1 saturated heterocycles. The van der Waals surface area contributed by atoms with E-state index in [0.29, 0.717) is 6.54 Å². The Hall–Kier alpha value is -2.55. The van der Waals surface area contributed by atoms with Gasteiger partial charge in [0.05, 0.1) is 11.4 Å². The number of hydrogen-bond donors (Lipinski definition) is 1. The zero-order valence-electron chi connectivity index (χ0n) is 19.0. The molecule has 0 amide bonds. The van der Waals surface area contributed by atoms with Crippen molar-refractivity contribution in [1.82, 2.24) is 20.0 Å². The second kappa shape index (κ2) is 11.4. The highest BCUT2D eigenvalue weighted by atomic mass is 127. The highest BCUT2D eigenvalue weighted by Crippen LogP contribution is 2.20. The molecule has 2 heterocycles. The Labute approximate surface area is 207 Å². The highest BCUT2D eigenvalue weighted by Gasteiger charge is 2.23. The van der Waals surface area contributed by atoms with E-state index in [2.05, 4.69) is 41.2 Å². The number of ether oxygens (including phenoxy) is 1. The van der Waals surface area contributed by atoms with Crippen molar-refractivity contribution in [1.29, 1.82) is 0 Å². The van der Waals surface area contributed by atoms with E-state index in [1.54, 1.807) is 0 Å². The molecule has 1 fully saturated rings. The lowest BCUT2D eigenvalue weighted by Gasteiger charge is -2.34. The summed E-state index contributed by atoms with van der Waals surface area (Å²) >= 11 is 0. The topological polar surface area (TPSA) is 54.7 Å². The molecule has 1 aromatic heterocycles. The average molecular weight is 545 g/mol. The maximum atomic E-state index is 6.12. The van der Waals surface area contributed by atoms with Crippen LogP contribution in [0.4, 0.5) is 0 Å². The van der Waals surface area contributed by atoms with Gasteiger partial charge >= 0.3 is 0 Å². The average Bonchev–Trinajstić information content (AvgIpc) is 3.10. The SMILES string of the molecule is CN=C(NCc1c(C)nn(-c2ccccc2)c1C)N1CCC(Oc2ccccc2)CC1.I. The molecular formula is C25H32IN5O. The van der Waals surface area contributed by atoms with Crippen LogP contribution in [0.3, 0.4) is 0 Å². The molecule has 0 atom stereocenters. The van der Waals surface area contributed by atoms with Crippen molar-refractivity contribution in [2.75, 3.05) is 20.1 Å². The van der Waals surface area contributed by atoms with Gasteiger partial charge in [0.25, 0.3) is 0 Å². The number of hydrogen-bond acceptors (Lipinski definition) is 3. The van der Waals surface area contributed by atoms with Crippen LogP contribution >= 0.6 is 24.0 Å². The summed E-state index contributed by atoms with van der Waals surface area (Å²) in [6, 6.07) is 20.3. The molecule has 32 heavy (non-hydrogen) atoms. The minimum absolute atomic E-state index is 0. The molecule has 3 aromatic rings. The number of nitrogens with one attached hydrogen (secondary N) is 1. The lowest BCUT2D eigenvalue weighted by molar-refractivity contribution is 0.129. The first-order valence-electron chi connectivity index (χ1n) is 10.9. The molecule has 4 rings (SSSR count). The zero-order valence-corrected chi connectivity index (χ0v) is 21.3. The molecule has 1 aliphatic rings. The Morgan fingerprint density at radius 3 is 2.28 bits per heavy atom. The molecule has 0 bridgehead atoms. The number of piperidine rings is 1. The van der Waals surface area contributed by atoms with E-state index in [-0.39, 0.29) is 30.1 Å². The van der Waals surface area contributed by atoms with Gasteiger partial charge in [0.15, 0.2) is 5.96 Å². The van der Waals surface area contributed by atoms with E-state index < -0.39 is 0 Å². The van der Waals surface area contributed by atoms with E-state index in [0.717, 1.165) is 54.7 Å². The molecule has 7 heteroatoms. The number of guanidine groups is 1. The fourth-order valence-electron chi connectivity index (χ4n) is 4.13. The molecule has 1 aliphatic heterocycles. The van der Waals surface area contributed by atoms with Gasteiger partial charge in [0.1, 0.15) is 11.9 Å². The van der Waals surface area contributed by atoms with E-state index in [1.807, 2.05) is 60.3 Å². The second-order valence-corrected chi connectivity index (χ2v) is 7.91. The third-order valence-corrected chi connectivity index (χ3v) is 5.86. The van der Waals surface area contributed by atoms with Crippen LogP contribution in [0.15, 0.2) is 65.7 Å². The maximum Gasteiger partial charge on any atom is 0.193 e. The first kappa shape index (κ1) is 24.1. The Morgan fingerprint density at radius 1 is 1.03 bits per heavy atom. The normalized spacial score (nSPS) is 14.7. The molecule has 170 valence electrons. The van der Waals surface area contributed by atoms with Gasteiger partial charge in [-0.05, 0) is 38.1 Å². The van der Waals surface area contributed by atoms with Crippen LogP contribution in [-0.2, 0) is 6.54 Å². The van der Waals surface area contributed by atoms with Gasteiger partial charge in [-0.25, -0.2) is 4.68 Å². The van der Waals surface area contributed by atoms with Crippen molar-refractivity contribution in [3.8, 4) is 11.4 Å². The summed E-state index contributed by atoms with van der Waals surface area (Å²) in [5.74, 6) is 1.88. The minimum atomic E-state index is 0. The van der Waals surface area contributed by atoms with Crippen LogP contribution in [0.2, 0.25) is 0 Å². The van der Waals surface area contributed by atoms with Crippen LogP contribution < -0.4 is 10.1 Å². The number of likely N-dealkylation sites (tertiary alicyclic amines) is 1. The predicted octanol–water partition coefficient (Wildman–Crippen LogP) is 4.73. The van der Waals surface area contributed by atoms with E-state index in [9.17, 15) is 0 Å². The highest BCUT2D eigenvalue weighted by molar-refractivity contribution is 14.0. The Balaban J connectivity index is 0.00000289. The number of para-hydroxylation sites is 2. The molecule has 1 N–H and O–H groups in total. The summed E-state index contributed by atoms with van der Waals surface area (Å²) in [5, 5.41) is 8.30. The van der Waals surface area contributed by atoms with E-state index in [4.69, 9.17) is 9.84 Å². The van der Waals surface area contributed by atoms with Crippen molar-refractivity contribution in [2.45, 2.75) is 39.3 Å². The van der Waals surface area contributed by atoms with Crippen LogP contribution in [0.25, 0.3) is 5.69 Å². The fourth-order valence-corrected chi connectivity index (χ4v) is 4.13. The number of aryl methyl sites for hydroxylation is 1. The van der Waals surface area contributed by atoms with Gasteiger partial charge in [0.2, 0.25) is 0 Å². The zero-order chi connectivity index (χ0) is 21.6. The number of aromatic nitrogens is 2. The van der Waals surface area contributed by atoms with Crippen molar-refractivity contribution in [3.63, 3.8) is 0 Å². The predicted molar refractivity (Wildman–Crippen MR) is 140 cm³/mol. The number of halogens is 1. The monoisotopic (exact) mass is 545 g/mol. The van der Waals surface area contributed by atoms with Gasteiger partial charge in [-0.1, -0.05) is 36.4 Å². The van der Waals surface area contributed by atoms with Gasteiger partial charge in [-0.3, -0.25) is 4.99 Å². The second-order valence-electron chi connectivity index (χ2n) is 7.91. The molecule has 0 saturated carbocycles. The lowest BCUT2D eigenvalue weighted by Crippen LogP contribution is -2.47. The molecule has 0 unspecified atom stereocenters. The molecule has 0 spiro atoms. The lowest BCUT2D eigenvalue weighted by atomic mass is 10.1. The first-order chi connectivity index (χ1) is 15.2. The summed E-state index contributed by atoms with van der Waals surface area (Å²) in [6.45, 7) is 6.76. The Morgan fingerprint density at radius 2 is 1.66 bits per heavy atom. The maximum absolute atomic E-state index is 6.12. The number of rotatable bonds is 5. The number of aliphatic imine (C=N–C) groups is 1. The molecule has 0 radical (unpaired) electrons.